The van der Waals surface area contributed by atoms with E-state index < -0.39 is 6.17 Å². The molecule has 5 aromatic rings. The minimum atomic E-state index is -0.605. The first-order valence-corrected chi connectivity index (χ1v) is 17.1. The normalized spacial score (nSPS) is 12.0. The minimum Gasteiger partial charge on any atom is -0.489 e. The van der Waals surface area contributed by atoms with Crippen LogP contribution in [0.3, 0.4) is 0 Å². The summed E-state index contributed by atoms with van der Waals surface area (Å²) in [5.41, 5.74) is 4.23. The van der Waals surface area contributed by atoms with Crippen molar-refractivity contribution in [2.75, 3.05) is 0 Å². The number of carbonyl (C=O) groups excluding carboxylic acids is 1. The maximum Gasteiger partial charge on any atom is 0.195 e. The third-order valence-corrected chi connectivity index (χ3v) is 8.60. The number of benzene rings is 5. The van der Waals surface area contributed by atoms with Gasteiger partial charge in [-0.3, -0.25) is 14.6 Å². The van der Waals surface area contributed by atoms with Gasteiger partial charge >= 0.3 is 0 Å². The Hall–Kier alpha value is -4.71. The summed E-state index contributed by atoms with van der Waals surface area (Å²) in [7, 11) is 0. The van der Waals surface area contributed by atoms with Gasteiger partial charge in [-0.1, -0.05) is 121 Å². The summed E-state index contributed by atoms with van der Waals surface area (Å²) in [6.07, 6.45) is -0.605. The van der Waals surface area contributed by atoms with Gasteiger partial charge in [-0.2, -0.15) is 0 Å². The molecular formula is C44H50N2O3. The first-order valence-electron chi connectivity index (χ1n) is 17.1. The lowest BCUT2D eigenvalue weighted by molar-refractivity contribution is -0.0510. The minimum absolute atomic E-state index is 0.00793. The van der Waals surface area contributed by atoms with Crippen LogP contribution < -0.4 is 9.47 Å². The van der Waals surface area contributed by atoms with Crippen molar-refractivity contribution in [3.8, 4) is 11.5 Å². The molecule has 0 heterocycles. The Morgan fingerprint density at radius 3 is 1.16 bits per heavy atom. The Labute approximate surface area is 293 Å². The monoisotopic (exact) mass is 654 g/mol. The van der Waals surface area contributed by atoms with Crippen molar-refractivity contribution >= 4 is 5.78 Å². The van der Waals surface area contributed by atoms with Gasteiger partial charge in [0.15, 0.2) is 5.78 Å². The van der Waals surface area contributed by atoms with Gasteiger partial charge < -0.3 is 9.47 Å². The molecule has 0 radical (unpaired) electrons. The van der Waals surface area contributed by atoms with E-state index in [4.69, 9.17) is 9.47 Å². The number of hydrogen-bond donors (Lipinski definition) is 0. The van der Waals surface area contributed by atoms with Crippen LogP contribution in [0.15, 0.2) is 140 Å². The molecule has 0 N–H and O–H groups in total. The van der Waals surface area contributed by atoms with Crippen molar-refractivity contribution < 1.29 is 14.3 Å². The molecule has 0 atom stereocenters. The molecule has 0 aromatic heterocycles. The van der Waals surface area contributed by atoms with Gasteiger partial charge in [-0.15, -0.1) is 0 Å². The van der Waals surface area contributed by atoms with Crippen molar-refractivity contribution in [1.82, 2.24) is 9.80 Å². The predicted molar refractivity (Wildman–Crippen MR) is 200 cm³/mol. The lowest BCUT2D eigenvalue weighted by Crippen LogP contribution is -2.62. The highest BCUT2D eigenvalue weighted by atomic mass is 16.5. The molecule has 0 fully saturated rings. The fourth-order valence-corrected chi connectivity index (χ4v) is 5.90. The maximum absolute atomic E-state index is 15.4. The average Bonchev–Trinajstić information content (AvgIpc) is 3.10. The van der Waals surface area contributed by atoms with Crippen LogP contribution in [-0.2, 0) is 26.3 Å². The van der Waals surface area contributed by atoms with Crippen LogP contribution >= 0.6 is 0 Å². The summed E-state index contributed by atoms with van der Waals surface area (Å²) in [5, 5.41) is 0. The third-order valence-electron chi connectivity index (χ3n) is 8.60. The van der Waals surface area contributed by atoms with E-state index in [2.05, 4.69) is 99.9 Å². The largest absolute Gasteiger partial charge is 0.489 e. The molecule has 5 nitrogen and oxygen atoms in total. The molecule has 0 aliphatic carbocycles. The van der Waals surface area contributed by atoms with Crippen molar-refractivity contribution in [3.05, 3.63) is 167 Å². The van der Waals surface area contributed by atoms with Gasteiger partial charge in [0.25, 0.3) is 0 Å². The number of carbonyl (C=O) groups is 1. The quantitative estimate of drug-likeness (QED) is 0.0881. The topological polar surface area (TPSA) is 42.0 Å². The molecule has 5 rings (SSSR count). The van der Waals surface area contributed by atoms with E-state index in [1.807, 2.05) is 91.0 Å². The molecule has 0 saturated carbocycles. The SMILES string of the molecule is CC(C)(C)N(Cc1ccccc1)C(C(=O)c1cc(OCc2ccccc2)cc(OCc2ccccc2)c1)N(Cc1ccccc1)C(C)(C)C. The van der Waals surface area contributed by atoms with E-state index >= 15 is 4.79 Å². The van der Waals surface area contributed by atoms with Crippen LogP contribution in [0.5, 0.6) is 11.5 Å². The van der Waals surface area contributed by atoms with E-state index in [0.29, 0.717) is 43.4 Å². The second kappa shape index (κ2) is 16.1. The summed E-state index contributed by atoms with van der Waals surface area (Å²) in [4.78, 5) is 20.0. The smallest absolute Gasteiger partial charge is 0.195 e. The first-order chi connectivity index (χ1) is 23.5. The van der Waals surface area contributed by atoms with Gasteiger partial charge in [-0.25, -0.2) is 0 Å². The van der Waals surface area contributed by atoms with Crippen LogP contribution in [0.2, 0.25) is 0 Å². The van der Waals surface area contributed by atoms with Crippen molar-refractivity contribution in [2.24, 2.45) is 0 Å². The molecule has 0 spiro atoms. The number of Topliss-reactive ketones (excluding diaryl/α,β-unsaturated/α-hetero) is 1. The summed E-state index contributed by atoms with van der Waals surface area (Å²) < 4.78 is 12.7. The first kappa shape index (κ1) is 35.6. The Bertz CT molecular complexity index is 1620. The Balaban J connectivity index is 1.60. The third kappa shape index (κ3) is 10.1. The van der Waals surface area contributed by atoms with E-state index in [0.717, 1.165) is 22.3 Å². The van der Waals surface area contributed by atoms with Gasteiger partial charge in [0.2, 0.25) is 0 Å². The molecule has 254 valence electrons. The van der Waals surface area contributed by atoms with Crippen LogP contribution in [0, 0.1) is 0 Å². The van der Waals surface area contributed by atoms with E-state index in [1.54, 1.807) is 0 Å². The highest BCUT2D eigenvalue weighted by Crippen LogP contribution is 2.33. The van der Waals surface area contributed by atoms with Gasteiger partial charge in [0.05, 0.1) is 0 Å². The fourth-order valence-electron chi connectivity index (χ4n) is 5.90. The molecule has 0 saturated heterocycles. The second-order valence-electron chi connectivity index (χ2n) is 14.5. The van der Waals surface area contributed by atoms with Crippen molar-refractivity contribution in [3.63, 3.8) is 0 Å². The number of ketones is 1. The average molecular weight is 655 g/mol. The number of nitrogens with zero attached hydrogens (tertiary/aromatic N) is 2. The number of rotatable bonds is 14. The van der Waals surface area contributed by atoms with Crippen LogP contribution in [-0.4, -0.2) is 32.8 Å². The molecule has 0 amide bonds. The molecular weight excluding hydrogens is 604 g/mol. The fraction of sp³-hybridized carbons (Fsp3) is 0.295. The number of ether oxygens (including phenoxy) is 2. The standard InChI is InChI=1S/C44H50N2O3/c1-43(2,3)45(30-34-19-11-7-12-20-34)42(46(44(4,5)6)31-35-21-13-8-14-22-35)41(47)38-27-39(48-32-36-23-15-9-16-24-36)29-40(28-38)49-33-37-25-17-10-18-26-37/h7-29,42H,30-33H2,1-6H3. The summed E-state index contributed by atoms with van der Waals surface area (Å²) in [5.74, 6) is 1.17. The summed E-state index contributed by atoms with van der Waals surface area (Å²) in [6, 6.07) is 46.6. The Morgan fingerprint density at radius 2 is 0.837 bits per heavy atom. The predicted octanol–water partition coefficient (Wildman–Crippen LogP) is 9.95. The summed E-state index contributed by atoms with van der Waals surface area (Å²) in [6.45, 7) is 15.1. The van der Waals surface area contributed by atoms with Crippen LogP contribution in [0.25, 0.3) is 0 Å². The van der Waals surface area contributed by atoms with Crippen molar-refractivity contribution in [1.29, 1.82) is 0 Å². The van der Waals surface area contributed by atoms with E-state index in [-0.39, 0.29) is 16.9 Å². The van der Waals surface area contributed by atoms with Gasteiger partial charge in [-0.05, 0) is 75.9 Å². The zero-order valence-electron chi connectivity index (χ0n) is 29.8. The lowest BCUT2D eigenvalue weighted by Gasteiger charge is -2.50. The van der Waals surface area contributed by atoms with Gasteiger partial charge in [0.1, 0.15) is 30.9 Å². The molecule has 0 aliphatic heterocycles. The van der Waals surface area contributed by atoms with Crippen LogP contribution in [0.1, 0.15) is 74.2 Å². The summed E-state index contributed by atoms with van der Waals surface area (Å²) >= 11 is 0. The molecule has 0 bridgehead atoms. The maximum atomic E-state index is 15.4. The zero-order chi connectivity index (χ0) is 34.9. The lowest BCUT2D eigenvalue weighted by atomic mass is 9.94. The van der Waals surface area contributed by atoms with E-state index in [9.17, 15) is 0 Å². The van der Waals surface area contributed by atoms with Gasteiger partial charge in [0, 0.05) is 35.8 Å². The molecule has 49 heavy (non-hydrogen) atoms. The van der Waals surface area contributed by atoms with Crippen molar-refractivity contribution in [2.45, 2.75) is 85.1 Å². The Morgan fingerprint density at radius 1 is 0.510 bits per heavy atom. The molecule has 5 aromatic carbocycles. The molecule has 5 heteroatoms. The second-order valence-corrected chi connectivity index (χ2v) is 14.5. The van der Waals surface area contributed by atoms with E-state index in [1.165, 1.54) is 0 Å². The Kier molecular flexibility index (Phi) is 11.7. The molecule has 0 aliphatic rings. The molecule has 0 unspecified atom stereocenters. The number of hydrogen-bond acceptors (Lipinski definition) is 5. The van der Waals surface area contributed by atoms with Crippen LogP contribution in [0.4, 0.5) is 0 Å². The zero-order valence-corrected chi connectivity index (χ0v) is 29.8. The highest BCUT2D eigenvalue weighted by molar-refractivity contribution is 6.00. The highest BCUT2D eigenvalue weighted by Gasteiger charge is 2.42.